The lowest BCUT2D eigenvalue weighted by atomic mass is 10.3. The highest BCUT2D eigenvalue weighted by molar-refractivity contribution is 7.99. The third-order valence-corrected chi connectivity index (χ3v) is 5.50. The molecule has 140 valence electrons. The number of nitrogens with one attached hydrogen (secondary N) is 1. The molecule has 0 spiro atoms. The van der Waals surface area contributed by atoms with Gasteiger partial charge in [-0.3, -0.25) is 9.78 Å². The van der Waals surface area contributed by atoms with Crippen LogP contribution in [-0.4, -0.2) is 39.8 Å². The van der Waals surface area contributed by atoms with E-state index >= 15 is 0 Å². The van der Waals surface area contributed by atoms with Gasteiger partial charge in [-0.25, -0.2) is 13.6 Å². The summed E-state index contributed by atoms with van der Waals surface area (Å²) < 4.78 is 24.2. The Balaban J connectivity index is 1.61. The number of benzene rings is 1. The van der Waals surface area contributed by atoms with E-state index in [0.717, 1.165) is 5.56 Å². The SMILES string of the molecule is Cn1c(SCC(=O)Nc2ccc(S(N)(=O)=O)cc2)nnc1-c1cccnc1. The first-order valence-corrected chi connectivity index (χ1v) is 10.2. The number of amides is 1. The van der Waals surface area contributed by atoms with Crippen LogP contribution in [0.1, 0.15) is 0 Å². The third kappa shape index (κ3) is 4.70. The van der Waals surface area contributed by atoms with Crippen LogP contribution in [0.2, 0.25) is 0 Å². The van der Waals surface area contributed by atoms with E-state index in [-0.39, 0.29) is 16.6 Å². The van der Waals surface area contributed by atoms with Gasteiger partial charge < -0.3 is 9.88 Å². The van der Waals surface area contributed by atoms with Crippen LogP contribution in [0.4, 0.5) is 5.69 Å². The zero-order valence-electron chi connectivity index (χ0n) is 14.2. The first-order valence-electron chi connectivity index (χ1n) is 7.70. The van der Waals surface area contributed by atoms with Crippen molar-refractivity contribution in [3.8, 4) is 11.4 Å². The molecule has 3 N–H and O–H groups in total. The quantitative estimate of drug-likeness (QED) is 0.591. The lowest BCUT2D eigenvalue weighted by molar-refractivity contribution is -0.113. The zero-order chi connectivity index (χ0) is 19.4. The van der Waals surface area contributed by atoms with Crippen molar-refractivity contribution in [2.75, 3.05) is 11.1 Å². The second kappa shape index (κ2) is 7.86. The number of carbonyl (C=O) groups is 1. The molecule has 0 atom stereocenters. The van der Waals surface area contributed by atoms with Crippen molar-refractivity contribution in [1.82, 2.24) is 19.7 Å². The summed E-state index contributed by atoms with van der Waals surface area (Å²) >= 11 is 1.24. The maximum absolute atomic E-state index is 12.1. The molecule has 3 aromatic rings. The van der Waals surface area contributed by atoms with E-state index in [1.165, 1.54) is 36.0 Å². The first kappa shape index (κ1) is 19.0. The van der Waals surface area contributed by atoms with Gasteiger partial charge in [0.15, 0.2) is 11.0 Å². The molecule has 27 heavy (non-hydrogen) atoms. The molecule has 0 radical (unpaired) electrons. The summed E-state index contributed by atoms with van der Waals surface area (Å²) in [5, 5.41) is 16.5. The van der Waals surface area contributed by atoms with Crippen molar-refractivity contribution < 1.29 is 13.2 Å². The number of thioether (sulfide) groups is 1. The monoisotopic (exact) mass is 404 g/mol. The zero-order valence-corrected chi connectivity index (χ0v) is 15.9. The second-order valence-electron chi connectivity index (χ2n) is 5.51. The molecular formula is C16H16N6O3S2. The van der Waals surface area contributed by atoms with Gasteiger partial charge in [-0.15, -0.1) is 10.2 Å². The molecule has 0 fully saturated rings. The number of sulfonamides is 1. The van der Waals surface area contributed by atoms with Gasteiger partial charge in [0.05, 0.1) is 10.6 Å². The molecule has 0 aliphatic rings. The average molecular weight is 404 g/mol. The van der Waals surface area contributed by atoms with Crippen LogP contribution in [0.5, 0.6) is 0 Å². The molecule has 11 heteroatoms. The topological polar surface area (TPSA) is 133 Å². The molecule has 0 aliphatic heterocycles. The van der Waals surface area contributed by atoms with Gasteiger partial charge in [0, 0.05) is 30.7 Å². The largest absolute Gasteiger partial charge is 0.325 e. The van der Waals surface area contributed by atoms with Crippen LogP contribution in [0.15, 0.2) is 58.8 Å². The van der Waals surface area contributed by atoms with Gasteiger partial charge in [-0.1, -0.05) is 11.8 Å². The van der Waals surface area contributed by atoms with E-state index in [1.807, 2.05) is 19.2 Å². The smallest absolute Gasteiger partial charge is 0.238 e. The van der Waals surface area contributed by atoms with Crippen molar-refractivity contribution in [2.24, 2.45) is 12.2 Å². The minimum atomic E-state index is -3.76. The molecule has 9 nitrogen and oxygen atoms in total. The predicted molar refractivity (Wildman–Crippen MR) is 101 cm³/mol. The summed E-state index contributed by atoms with van der Waals surface area (Å²) in [5.41, 5.74) is 1.31. The standard InChI is InChI=1S/C16H16N6O3S2/c1-22-15(11-3-2-8-18-9-11)20-21-16(22)26-10-14(23)19-12-4-6-13(7-5-12)27(17,24)25/h2-9H,10H2,1H3,(H,19,23)(H2,17,24,25). The first-order chi connectivity index (χ1) is 12.8. The summed E-state index contributed by atoms with van der Waals surface area (Å²) in [6, 6.07) is 9.31. The highest BCUT2D eigenvalue weighted by Gasteiger charge is 2.13. The molecule has 0 unspecified atom stereocenters. The van der Waals surface area contributed by atoms with Crippen LogP contribution in [0.3, 0.4) is 0 Å². The van der Waals surface area contributed by atoms with Crippen LogP contribution < -0.4 is 10.5 Å². The fourth-order valence-corrected chi connectivity index (χ4v) is 3.47. The van der Waals surface area contributed by atoms with Gasteiger partial charge in [-0.05, 0) is 36.4 Å². The van der Waals surface area contributed by atoms with E-state index in [1.54, 1.807) is 17.0 Å². The van der Waals surface area contributed by atoms with Crippen molar-refractivity contribution in [3.05, 3.63) is 48.8 Å². The maximum atomic E-state index is 12.1. The molecule has 0 aliphatic carbocycles. The minimum absolute atomic E-state index is 0.0168. The number of carbonyl (C=O) groups excluding carboxylic acids is 1. The fraction of sp³-hybridized carbons (Fsp3) is 0.125. The van der Waals surface area contributed by atoms with E-state index in [4.69, 9.17) is 5.14 Å². The fourth-order valence-electron chi connectivity index (χ4n) is 2.24. The number of aromatic nitrogens is 4. The summed E-state index contributed by atoms with van der Waals surface area (Å²) in [6.07, 6.45) is 3.37. The Kier molecular flexibility index (Phi) is 5.54. The molecular weight excluding hydrogens is 388 g/mol. The molecule has 0 saturated heterocycles. The summed E-state index contributed by atoms with van der Waals surface area (Å²) in [7, 11) is -1.94. The number of hydrogen-bond acceptors (Lipinski definition) is 7. The number of nitrogens with two attached hydrogens (primary N) is 1. The third-order valence-electron chi connectivity index (χ3n) is 3.55. The van der Waals surface area contributed by atoms with Gasteiger partial charge in [-0.2, -0.15) is 0 Å². The normalized spacial score (nSPS) is 11.3. The Bertz CT molecular complexity index is 1050. The molecule has 0 saturated carbocycles. The average Bonchev–Trinajstić information content (AvgIpc) is 3.01. The second-order valence-corrected chi connectivity index (χ2v) is 8.02. The number of hydrogen-bond donors (Lipinski definition) is 2. The summed E-state index contributed by atoms with van der Waals surface area (Å²) in [6.45, 7) is 0. The molecule has 2 heterocycles. The minimum Gasteiger partial charge on any atom is -0.325 e. The van der Waals surface area contributed by atoms with Gasteiger partial charge in [0.2, 0.25) is 15.9 Å². The van der Waals surface area contributed by atoms with Crippen molar-refractivity contribution in [3.63, 3.8) is 0 Å². The molecule has 2 aromatic heterocycles. The maximum Gasteiger partial charge on any atom is 0.238 e. The van der Waals surface area contributed by atoms with Gasteiger partial charge >= 0.3 is 0 Å². The molecule has 1 amide bonds. The molecule has 0 bridgehead atoms. The van der Waals surface area contributed by atoms with E-state index < -0.39 is 10.0 Å². The lowest BCUT2D eigenvalue weighted by Gasteiger charge is -2.06. The van der Waals surface area contributed by atoms with Crippen LogP contribution in [-0.2, 0) is 21.9 Å². The van der Waals surface area contributed by atoms with Crippen LogP contribution in [0, 0.1) is 0 Å². The van der Waals surface area contributed by atoms with Crippen molar-refractivity contribution >= 4 is 33.4 Å². The molecule has 3 rings (SSSR count). The Morgan fingerprint density at radius 2 is 1.96 bits per heavy atom. The van der Waals surface area contributed by atoms with Crippen molar-refractivity contribution in [2.45, 2.75) is 10.1 Å². The molecule has 1 aromatic carbocycles. The summed E-state index contributed by atoms with van der Waals surface area (Å²) in [5.74, 6) is 0.523. The number of anilines is 1. The van der Waals surface area contributed by atoms with Crippen LogP contribution in [0.25, 0.3) is 11.4 Å². The predicted octanol–water partition coefficient (Wildman–Crippen LogP) is 1.26. The van der Waals surface area contributed by atoms with Crippen molar-refractivity contribution in [1.29, 1.82) is 0 Å². The lowest BCUT2D eigenvalue weighted by Crippen LogP contribution is -2.15. The highest BCUT2D eigenvalue weighted by atomic mass is 32.2. The van der Waals surface area contributed by atoms with Crippen LogP contribution >= 0.6 is 11.8 Å². The van der Waals surface area contributed by atoms with E-state index in [2.05, 4.69) is 20.5 Å². The van der Waals surface area contributed by atoms with Gasteiger partial charge in [0.25, 0.3) is 0 Å². The Morgan fingerprint density at radius 3 is 2.59 bits per heavy atom. The highest BCUT2D eigenvalue weighted by Crippen LogP contribution is 2.22. The summed E-state index contributed by atoms with van der Waals surface area (Å²) in [4.78, 5) is 16.2. The Hall–Kier alpha value is -2.76. The van der Waals surface area contributed by atoms with Gasteiger partial charge in [0.1, 0.15) is 0 Å². The van der Waals surface area contributed by atoms with E-state index in [9.17, 15) is 13.2 Å². The number of primary sulfonamides is 1. The van der Waals surface area contributed by atoms with E-state index in [0.29, 0.717) is 16.7 Å². The Labute approximate surface area is 160 Å². The number of nitrogens with zero attached hydrogens (tertiary/aromatic N) is 4. The Morgan fingerprint density at radius 1 is 1.22 bits per heavy atom. The number of rotatable bonds is 6. The number of pyridine rings is 1.